The van der Waals surface area contributed by atoms with Crippen molar-refractivity contribution in [1.29, 1.82) is 0 Å². The third-order valence-corrected chi connectivity index (χ3v) is 6.01. The van der Waals surface area contributed by atoms with E-state index < -0.39 is 0 Å². The number of oxime groups is 1. The zero-order valence-corrected chi connectivity index (χ0v) is 18.9. The fourth-order valence-electron chi connectivity index (χ4n) is 4.28. The number of rotatable bonds is 11. The molecule has 4 nitrogen and oxygen atoms in total. The Hall–Kier alpha value is -2.75. The molecule has 1 unspecified atom stereocenters. The molecule has 0 spiro atoms. The second-order valence-electron chi connectivity index (χ2n) is 8.36. The molecular weight excluding hydrogens is 386 g/mol. The van der Waals surface area contributed by atoms with Crippen molar-refractivity contribution in [3.05, 3.63) is 59.2 Å². The predicted molar refractivity (Wildman–Crippen MR) is 126 cm³/mol. The number of ketones is 1. The van der Waals surface area contributed by atoms with Crippen LogP contribution in [0.25, 0.3) is 11.1 Å². The first-order valence-corrected chi connectivity index (χ1v) is 11.6. The van der Waals surface area contributed by atoms with Gasteiger partial charge in [-0.1, -0.05) is 87.5 Å². The van der Waals surface area contributed by atoms with Gasteiger partial charge < -0.3 is 4.84 Å². The Morgan fingerprint density at radius 2 is 1.65 bits per heavy atom. The highest BCUT2D eigenvalue weighted by Crippen LogP contribution is 2.47. The summed E-state index contributed by atoms with van der Waals surface area (Å²) in [5.74, 6) is -0.267. The van der Waals surface area contributed by atoms with Crippen LogP contribution in [0, 0.1) is 0 Å². The molecule has 0 amide bonds. The van der Waals surface area contributed by atoms with Gasteiger partial charge in [0.15, 0.2) is 0 Å². The summed E-state index contributed by atoms with van der Waals surface area (Å²) in [6.45, 7) is 5.93. The maximum atomic E-state index is 12.9. The van der Waals surface area contributed by atoms with Gasteiger partial charge in [-0.2, -0.15) is 0 Å². The van der Waals surface area contributed by atoms with Gasteiger partial charge in [0.2, 0.25) is 5.78 Å². The number of nitrogens with zero attached hydrogens (tertiary/aromatic N) is 1. The summed E-state index contributed by atoms with van der Waals surface area (Å²) >= 11 is 0. The normalized spacial score (nSPS) is 14.8. The lowest BCUT2D eigenvalue weighted by molar-refractivity contribution is -0.143. The minimum absolute atomic E-state index is 0.197. The lowest BCUT2D eigenvalue weighted by Crippen LogP contribution is -2.13. The van der Waals surface area contributed by atoms with E-state index in [0.29, 0.717) is 17.9 Å². The first kappa shape index (κ1) is 22.9. The van der Waals surface area contributed by atoms with Crippen molar-refractivity contribution < 1.29 is 14.4 Å². The number of Topliss-reactive ketones (excluding diaryl/α,β-unsaturated/α-hetero) is 1. The Kier molecular flexibility index (Phi) is 8.16. The number of fused-ring (bicyclic) bond motifs is 3. The molecule has 31 heavy (non-hydrogen) atoms. The second-order valence-corrected chi connectivity index (χ2v) is 8.36. The molecule has 0 saturated carbocycles. The first-order valence-electron chi connectivity index (χ1n) is 11.6. The smallest absolute Gasteiger partial charge is 0.318 e. The third kappa shape index (κ3) is 5.49. The molecule has 4 heteroatoms. The lowest BCUT2D eigenvalue weighted by atomic mass is 9.90. The van der Waals surface area contributed by atoms with Gasteiger partial charge >= 0.3 is 5.97 Å². The van der Waals surface area contributed by atoms with Crippen molar-refractivity contribution >= 4 is 17.5 Å². The molecule has 0 heterocycles. The van der Waals surface area contributed by atoms with Crippen molar-refractivity contribution in [2.75, 3.05) is 0 Å². The third-order valence-electron chi connectivity index (χ3n) is 6.01. The maximum Gasteiger partial charge on any atom is 0.335 e. The molecule has 0 fully saturated rings. The van der Waals surface area contributed by atoms with Crippen molar-refractivity contribution in [1.82, 2.24) is 0 Å². The summed E-state index contributed by atoms with van der Waals surface area (Å²) in [6.07, 6.45) is 7.71. The Labute approximate surface area is 185 Å². The molecule has 1 aliphatic rings. The first-order chi connectivity index (χ1) is 15.1. The Morgan fingerprint density at radius 1 is 0.903 bits per heavy atom. The van der Waals surface area contributed by atoms with Gasteiger partial charge in [-0.15, -0.1) is 0 Å². The minimum atomic E-state index is -0.382. The second kappa shape index (κ2) is 11.0. The van der Waals surface area contributed by atoms with E-state index in [1.807, 2.05) is 18.2 Å². The number of carbonyl (C=O) groups excluding carboxylic acids is 2. The summed E-state index contributed by atoms with van der Waals surface area (Å²) in [5, 5.41) is 3.82. The quantitative estimate of drug-likeness (QED) is 0.129. The van der Waals surface area contributed by atoms with Crippen LogP contribution in [0.3, 0.4) is 0 Å². The van der Waals surface area contributed by atoms with Gasteiger partial charge in [0, 0.05) is 17.9 Å². The number of unbranched alkanes of at least 4 members (excludes halogenated alkanes) is 4. The zero-order chi connectivity index (χ0) is 22.2. The van der Waals surface area contributed by atoms with Crippen LogP contribution in [0.5, 0.6) is 0 Å². The van der Waals surface area contributed by atoms with E-state index >= 15 is 0 Å². The summed E-state index contributed by atoms with van der Waals surface area (Å²) in [4.78, 5) is 29.8. The van der Waals surface area contributed by atoms with E-state index in [1.165, 1.54) is 22.3 Å². The van der Waals surface area contributed by atoms with Gasteiger partial charge in [-0.25, -0.2) is 4.79 Å². The summed E-state index contributed by atoms with van der Waals surface area (Å²) in [5.41, 5.74) is 5.82. The molecule has 0 aromatic heterocycles. The summed E-state index contributed by atoms with van der Waals surface area (Å²) in [7, 11) is 0. The molecule has 1 atom stereocenters. The highest BCUT2D eigenvalue weighted by atomic mass is 16.7. The molecule has 0 bridgehead atoms. The Morgan fingerprint density at radius 3 is 2.42 bits per heavy atom. The molecule has 0 N–H and O–H groups in total. The van der Waals surface area contributed by atoms with Crippen LogP contribution in [0.1, 0.15) is 99.5 Å². The van der Waals surface area contributed by atoms with Crippen LogP contribution < -0.4 is 0 Å². The van der Waals surface area contributed by atoms with Crippen LogP contribution >= 0.6 is 0 Å². The molecular formula is C27H33NO3. The number of hydrogen-bond acceptors (Lipinski definition) is 4. The highest BCUT2D eigenvalue weighted by Gasteiger charge is 2.29. The summed E-state index contributed by atoms with van der Waals surface area (Å²) < 4.78 is 0. The van der Waals surface area contributed by atoms with E-state index in [4.69, 9.17) is 4.84 Å². The van der Waals surface area contributed by atoms with E-state index in [0.717, 1.165) is 44.9 Å². The zero-order valence-electron chi connectivity index (χ0n) is 18.9. The van der Waals surface area contributed by atoms with Crippen molar-refractivity contribution in [3.8, 4) is 11.1 Å². The molecule has 164 valence electrons. The fraction of sp³-hybridized carbons (Fsp3) is 0.444. The predicted octanol–water partition coefficient (Wildman–Crippen LogP) is 7.06. The molecule has 2 aromatic carbocycles. The average molecular weight is 420 g/mol. The standard InChI is InChI=1S/C27H33NO3/c1-4-6-8-9-15-26(29)31-28-19(3)27(30)20-16-17-24-22-14-11-10-13-21(22)23(12-7-5-2)25(24)18-20/h10-11,13-14,16-18,23H,4-9,12,15H2,1-3H3/b28-19-. The van der Waals surface area contributed by atoms with Gasteiger partial charge in [0.1, 0.15) is 5.71 Å². The Balaban J connectivity index is 1.73. The van der Waals surface area contributed by atoms with Crippen LogP contribution in [0.4, 0.5) is 0 Å². The van der Waals surface area contributed by atoms with E-state index in [1.54, 1.807) is 6.92 Å². The van der Waals surface area contributed by atoms with E-state index in [2.05, 4.69) is 43.3 Å². The number of benzene rings is 2. The molecule has 0 aliphatic heterocycles. The number of carbonyl (C=O) groups is 2. The highest BCUT2D eigenvalue weighted by molar-refractivity contribution is 6.45. The topological polar surface area (TPSA) is 55.7 Å². The molecule has 0 saturated heterocycles. The van der Waals surface area contributed by atoms with Crippen molar-refractivity contribution in [2.45, 2.75) is 78.1 Å². The molecule has 0 radical (unpaired) electrons. The van der Waals surface area contributed by atoms with Gasteiger partial charge in [-0.05, 0) is 48.1 Å². The Bertz CT molecular complexity index is 961. The van der Waals surface area contributed by atoms with Crippen molar-refractivity contribution in [3.63, 3.8) is 0 Å². The van der Waals surface area contributed by atoms with E-state index in [-0.39, 0.29) is 17.5 Å². The van der Waals surface area contributed by atoms with Gasteiger partial charge in [0.25, 0.3) is 0 Å². The van der Waals surface area contributed by atoms with Crippen LogP contribution in [-0.4, -0.2) is 17.5 Å². The average Bonchev–Trinajstić information content (AvgIpc) is 3.11. The molecule has 1 aliphatic carbocycles. The molecule has 3 rings (SSSR count). The van der Waals surface area contributed by atoms with Crippen molar-refractivity contribution in [2.24, 2.45) is 5.16 Å². The van der Waals surface area contributed by atoms with Crippen LogP contribution in [0.15, 0.2) is 47.6 Å². The largest absolute Gasteiger partial charge is 0.335 e. The number of hydrogen-bond donors (Lipinski definition) is 0. The van der Waals surface area contributed by atoms with Gasteiger partial charge in [0.05, 0.1) is 0 Å². The maximum absolute atomic E-state index is 12.9. The molecule has 2 aromatic rings. The van der Waals surface area contributed by atoms with E-state index in [9.17, 15) is 9.59 Å². The minimum Gasteiger partial charge on any atom is -0.318 e. The SMILES string of the molecule is CCCCCCC(=O)O/N=C(/C)C(=O)c1ccc2c(c1)C(CCCC)c1ccccc1-2. The monoisotopic (exact) mass is 419 g/mol. The summed E-state index contributed by atoms with van der Waals surface area (Å²) in [6, 6.07) is 14.4. The van der Waals surface area contributed by atoms with Crippen LogP contribution in [0.2, 0.25) is 0 Å². The fourth-order valence-corrected chi connectivity index (χ4v) is 4.28. The van der Waals surface area contributed by atoms with Gasteiger partial charge in [-0.3, -0.25) is 4.79 Å². The lowest BCUT2D eigenvalue weighted by Gasteiger charge is -2.13. The van der Waals surface area contributed by atoms with Crippen LogP contribution in [-0.2, 0) is 9.63 Å².